The van der Waals surface area contributed by atoms with E-state index in [0.717, 1.165) is 75.2 Å². The topological polar surface area (TPSA) is 88.3 Å². The van der Waals surface area contributed by atoms with Crippen molar-refractivity contribution in [3.05, 3.63) is 24.3 Å². The average Bonchev–Trinajstić information content (AvgIpc) is 2.79. The summed E-state index contributed by atoms with van der Waals surface area (Å²) in [6.07, 6.45) is 4.98. The summed E-state index contributed by atoms with van der Waals surface area (Å²) in [5.74, 6) is 3.03. The lowest BCUT2D eigenvalue weighted by atomic mass is 9.82. The Morgan fingerprint density at radius 1 is 1.00 bits per heavy atom. The molecule has 7 nitrogen and oxygen atoms in total. The molecule has 1 saturated heterocycles. The van der Waals surface area contributed by atoms with Crippen molar-refractivity contribution in [3.63, 3.8) is 0 Å². The van der Waals surface area contributed by atoms with Crippen LogP contribution in [0.5, 0.6) is 0 Å². The number of benzene rings is 1. The number of hydrogen-bond acceptors (Lipinski definition) is 7. The molecule has 0 atom stereocenters. The number of morpholine rings is 1. The van der Waals surface area contributed by atoms with Gasteiger partial charge in [-0.2, -0.15) is 4.98 Å². The van der Waals surface area contributed by atoms with Crippen LogP contribution in [0.4, 0.5) is 11.8 Å². The van der Waals surface area contributed by atoms with E-state index in [-0.39, 0.29) is 0 Å². The monoisotopic (exact) mass is 398 g/mol. The molecule has 0 bridgehead atoms. The Labute approximate surface area is 173 Å². The van der Waals surface area contributed by atoms with E-state index in [1.54, 1.807) is 0 Å². The summed E-state index contributed by atoms with van der Waals surface area (Å²) in [6.45, 7) is 7.29. The summed E-state index contributed by atoms with van der Waals surface area (Å²) < 4.78 is 5.43. The van der Waals surface area contributed by atoms with E-state index in [4.69, 9.17) is 20.4 Å². The first-order chi connectivity index (χ1) is 14.3. The van der Waals surface area contributed by atoms with Crippen LogP contribution in [0.1, 0.15) is 25.7 Å². The van der Waals surface area contributed by atoms with Gasteiger partial charge in [0, 0.05) is 38.1 Å². The van der Waals surface area contributed by atoms with Gasteiger partial charge in [0.25, 0.3) is 0 Å². The van der Waals surface area contributed by atoms with Crippen LogP contribution in [0.25, 0.3) is 10.9 Å². The third kappa shape index (κ3) is 5.56. The van der Waals surface area contributed by atoms with Gasteiger partial charge in [-0.15, -0.1) is 0 Å². The van der Waals surface area contributed by atoms with Crippen LogP contribution in [0.15, 0.2) is 24.3 Å². The summed E-state index contributed by atoms with van der Waals surface area (Å²) in [6, 6.07) is 8.22. The third-order valence-corrected chi connectivity index (χ3v) is 6.28. The smallest absolute Gasteiger partial charge is 0.225 e. The molecule has 0 radical (unpaired) electrons. The van der Waals surface area contributed by atoms with Crippen molar-refractivity contribution in [2.75, 3.05) is 63.1 Å². The molecule has 0 unspecified atom stereocenters. The molecule has 1 aromatic heterocycles. The third-order valence-electron chi connectivity index (χ3n) is 6.28. The molecule has 2 heterocycles. The number of anilines is 2. The van der Waals surface area contributed by atoms with E-state index in [1.165, 1.54) is 25.7 Å². The van der Waals surface area contributed by atoms with Gasteiger partial charge in [-0.3, -0.25) is 4.90 Å². The second-order valence-electron chi connectivity index (χ2n) is 8.30. The number of nitrogens with zero attached hydrogens (tertiary/aromatic N) is 3. The molecule has 1 aliphatic heterocycles. The first kappa shape index (κ1) is 20.3. The number of nitrogens with two attached hydrogens (primary N) is 1. The average molecular weight is 399 g/mol. The Hall–Kier alpha value is -1.96. The van der Waals surface area contributed by atoms with E-state index in [9.17, 15) is 0 Å². The number of ether oxygens (including phenoxy) is 1. The maximum absolute atomic E-state index is 5.82. The molecule has 4 N–H and O–H groups in total. The lowest BCUT2D eigenvalue weighted by Gasteiger charge is -2.27. The van der Waals surface area contributed by atoms with Gasteiger partial charge in [-0.05, 0) is 56.2 Å². The first-order valence-corrected chi connectivity index (χ1v) is 11.1. The second-order valence-corrected chi connectivity index (χ2v) is 8.30. The van der Waals surface area contributed by atoms with Crippen molar-refractivity contribution >= 4 is 22.7 Å². The highest BCUT2D eigenvalue weighted by Gasteiger charge is 2.20. The van der Waals surface area contributed by atoms with E-state index < -0.39 is 0 Å². The highest BCUT2D eigenvalue weighted by molar-refractivity contribution is 5.90. The molecular formula is C22H34N6O. The fourth-order valence-electron chi connectivity index (χ4n) is 4.35. The summed E-state index contributed by atoms with van der Waals surface area (Å²) in [4.78, 5) is 12.0. The van der Waals surface area contributed by atoms with Gasteiger partial charge >= 0.3 is 0 Å². The molecule has 2 aromatic rings. The number of aromatic nitrogens is 2. The number of fused-ring (bicyclic) bond motifs is 1. The number of hydrogen-bond donors (Lipinski definition) is 3. The molecule has 1 aromatic carbocycles. The van der Waals surface area contributed by atoms with Crippen molar-refractivity contribution in [1.82, 2.24) is 14.9 Å². The molecule has 1 saturated carbocycles. The van der Waals surface area contributed by atoms with Crippen LogP contribution in [0.2, 0.25) is 0 Å². The van der Waals surface area contributed by atoms with Crippen LogP contribution in [-0.2, 0) is 4.74 Å². The summed E-state index contributed by atoms with van der Waals surface area (Å²) in [7, 11) is 0. The highest BCUT2D eigenvalue weighted by Crippen LogP contribution is 2.28. The number of para-hydroxylation sites is 1. The van der Waals surface area contributed by atoms with Crippen molar-refractivity contribution in [3.8, 4) is 0 Å². The van der Waals surface area contributed by atoms with Crippen molar-refractivity contribution in [2.45, 2.75) is 25.7 Å². The Balaban J connectivity index is 1.37. The Bertz CT molecular complexity index is 771. The molecule has 7 heteroatoms. The van der Waals surface area contributed by atoms with Gasteiger partial charge < -0.3 is 21.1 Å². The van der Waals surface area contributed by atoms with Crippen LogP contribution in [0, 0.1) is 11.8 Å². The molecule has 2 fully saturated rings. The fourth-order valence-corrected chi connectivity index (χ4v) is 4.35. The van der Waals surface area contributed by atoms with E-state index in [0.29, 0.717) is 11.8 Å². The molecule has 0 amide bonds. The lowest BCUT2D eigenvalue weighted by molar-refractivity contribution is 0.0398. The molecule has 0 spiro atoms. The molecule has 4 rings (SSSR count). The zero-order valence-corrected chi connectivity index (χ0v) is 17.3. The first-order valence-electron chi connectivity index (χ1n) is 11.1. The standard InChI is InChI=1S/C22H34N6O/c23-15-17-5-7-18(8-6-17)16-25-22-26-20-4-2-1-3-19(20)21(27-22)24-9-10-28-11-13-29-14-12-28/h1-4,17-18H,5-16,23H2,(H2,24,25,26,27). The maximum Gasteiger partial charge on any atom is 0.225 e. The molecular weight excluding hydrogens is 364 g/mol. The maximum atomic E-state index is 5.82. The molecule has 158 valence electrons. The van der Waals surface area contributed by atoms with Gasteiger partial charge in [0.05, 0.1) is 18.7 Å². The zero-order valence-electron chi connectivity index (χ0n) is 17.3. The minimum Gasteiger partial charge on any atom is -0.379 e. The molecule has 29 heavy (non-hydrogen) atoms. The molecule has 1 aliphatic carbocycles. The zero-order chi connectivity index (χ0) is 19.9. The van der Waals surface area contributed by atoms with Crippen molar-refractivity contribution < 1.29 is 4.74 Å². The van der Waals surface area contributed by atoms with Gasteiger partial charge in [0.15, 0.2) is 0 Å². The summed E-state index contributed by atoms with van der Waals surface area (Å²) in [5, 5.41) is 8.11. The van der Waals surface area contributed by atoms with Crippen molar-refractivity contribution in [1.29, 1.82) is 0 Å². The van der Waals surface area contributed by atoms with Gasteiger partial charge in [0.1, 0.15) is 5.82 Å². The minimum atomic E-state index is 0.686. The van der Waals surface area contributed by atoms with E-state index in [2.05, 4.69) is 27.7 Å². The van der Waals surface area contributed by atoms with Crippen LogP contribution in [-0.4, -0.2) is 67.4 Å². The van der Waals surface area contributed by atoms with Crippen molar-refractivity contribution in [2.24, 2.45) is 17.6 Å². The lowest BCUT2D eigenvalue weighted by Crippen LogP contribution is -2.39. The van der Waals surface area contributed by atoms with Gasteiger partial charge in [-0.1, -0.05) is 12.1 Å². The predicted molar refractivity (Wildman–Crippen MR) is 118 cm³/mol. The van der Waals surface area contributed by atoms with E-state index >= 15 is 0 Å². The van der Waals surface area contributed by atoms with E-state index in [1.807, 2.05) is 12.1 Å². The Morgan fingerprint density at radius 2 is 1.76 bits per heavy atom. The highest BCUT2D eigenvalue weighted by atomic mass is 16.5. The Kier molecular flexibility index (Phi) is 7.14. The fraction of sp³-hybridized carbons (Fsp3) is 0.636. The quantitative estimate of drug-likeness (QED) is 0.630. The Morgan fingerprint density at radius 3 is 2.55 bits per heavy atom. The summed E-state index contributed by atoms with van der Waals surface area (Å²) >= 11 is 0. The second kappa shape index (κ2) is 10.2. The van der Waals surface area contributed by atoms with Crippen LogP contribution >= 0.6 is 0 Å². The minimum absolute atomic E-state index is 0.686. The number of nitrogens with one attached hydrogen (secondary N) is 2. The van der Waals surface area contributed by atoms with Crippen LogP contribution in [0.3, 0.4) is 0 Å². The summed E-state index contributed by atoms with van der Waals surface area (Å²) in [5.41, 5.74) is 6.80. The largest absolute Gasteiger partial charge is 0.379 e. The van der Waals surface area contributed by atoms with Crippen LogP contribution < -0.4 is 16.4 Å². The SMILES string of the molecule is NCC1CCC(CNc2nc(NCCN3CCOCC3)c3ccccc3n2)CC1. The predicted octanol–water partition coefficient (Wildman–Crippen LogP) is 2.55. The van der Waals surface area contributed by atoms with Gasteiger partial charge in [0.2, 0.25) is 5.95 Å². The van der Waals surface area contributed by atoms with Gasteiger partial charge in [-0.25, -0.2) is 4.98 Å². The molecule has 2 aliphatic rings. The number of rotatable bonds is 8. The normalized spacial score (nSPS) is 23.2.